The van der Waals surface area contributed by atoms with Gasteiger partial charge in [-0.05, 0) is 39.3 Å². The minimum absolute atomic E-state index is 0.212. The highest BCUT2D eigenvalue weighted by atomic mass is 35.5. The quantitative estimate of drug-likeness (QED) is 0.320. The first kappa shape index (κ1) is 24.7. The molecule has 0 spiro atoms. The molecule has 1 N–H and O–H groups in total. The molecule has 0 aliphatic heterocycles. The standard InChI is InChI=1S/C23H25Cl2N5O3/c1-14(19(25)17(32-5)7-9-24)20-18(22-26-10-6-11-27-22)21(33-29-20)16-13-28-30(15(16)2)12-8-23(3,4)31/h6-7,9-11,13,31H,1,8,12H2,2-5H3/b9-7-,19-17-. The normalized spacial score (nSPS) is 12.8. The number of allylic oxidation sites excluding steroid dienone is 3. The molecule has 0 saturated heterocycles. The van der Waals surface area contributed by atoms with Crippen molar-refractivity contribution in [3.05, 3.63) is 65.0 Å². The summed E-state index contributed by atoms with van der Waals surface area (Å²) in [6, 6.07) is 1.71. The molecule has 0 bridgehead atoms. The van der Waals surface area contributed by atoms with E-state index in [1.807, 2.05) is 6.92 Å². The second-order valence-corrected chi connectivity index (χ2v) is 8.52. The van der Waals surface area contributed by atoms with E-state index in [2.05, 4.69) is 26.8 Å². The smallest absolute Gasteiger partial charge is 0.181 e. The highest BCUT2D eigenvalue weighted by Crippen LogP contribution is 2.40. The van der Waals surface area contributed by atoms with Gasteiger partial charge >= 0.3 is 0 Å². The summed E-state index contributed by atoms with van der Waals surface area (Å²) < 4.78 is 12.9. The molecular formula is C23H25Cl2N5O3. The average molecular weight is 490 g/mol. The van der Waals surface area contributed by atoms with Crippen molar-refractivity contribution in [1.29, 1.82) is 0 Å². The van der Waals surface area contributed by atoms with Gasteiger partial charge in [-0.15, -0.1) is 0 Å². The number of methoxy groups -OCH3 is 1. The second-order valence-electron chi connectivity index (χ2n) is 7.89. The van der Waals surface area contributed by atoms with Gasteiger partial charge in [0.25, 0.3) is 0 Å². The lowest BCUT2D eigenvalue weighted by Gasteiger charge is -2.17. The Labute approximate surface area is 202 Å². The van der Waals surface area contributed by atoms with E-state index >= 15 is 0 Å². The van der Waals surface area contributed by atoms with Crippen LogP contribution in [-0.4, -0.2) is 42.7 Å². The molecule has 0 amide bonds. The molecule has 3 rings (SSSR count). The van der Waals surface area contributed by atoms with Crippen LogP contribution >= 0.6 is 23.2 Å². The monoisotopic (exact) mass is 489 g/mol. The number of aryl methyl sites for hydroxylation is 1. The minimum atomic E-state index is -0.807. The van der Waals surface area contributed by atoms with Gasteiger partial charge in [0.05, 0.1) is 35.1 Å². The minimum Gasteiger partial charge on any atom is -0.495 e. The third-order valence-corrected chi connectivity index (χ3v) is 5.51. The Morgan fingerprint density at radius 2 is 2.03 bits per heavy atom. The molecule has 3 heterocycles. The average Bonchev–Trinajstić information content (AvgIpc) is 3.38. The van der Waals surface area contributed by atoms with Gasteiger partial charge < -0.3 is 14.4 Å². The maximum Gasteiger partial charge on any atom is 0.181 e. The van der Waals surface area contributed by atoms with Crippen molar-refractivity contribution in [2.75, 3.05) is 7.11 Å². The van der Waals surface area contributed by atoms with E-state index in [-0.39, 0.29) is 5.03 Å². The van der Waals surface area contributed by atoms with Gasteiger partial charge in [0.1, 0.15) is 11.5 Å². The number of rotatable bonds is 9. The summed E-state index contributed by atoms with van der Waals surface area (Å²) in [7, 11) is 1.47. The molecule has 0 saturated carbocycles. The molecule has 8 nitrogen and oxygen atoms in total. The van der Waals surface area contributed by atoms with E-state index < -0.39 is 5.60 Å². The fourth-order valence-corrected chi connectivity index (χ4v) is 3.47. The summed E-state index contributed by atoms with van der Waals surface area (Å²) in [5.41, 5.74) is 3.28. The van der Waals surface area contributed by atoms with Crippen LogP contribution in [-0.2, 0) is 11.3 Å². The van der Waals surface area contributed by atoms with Crippen molar-refractivity contribution in [2.24, 2.45) is 0 Å². The number of hydrogen-bond donors (Lipinski definition) is 1. The van der Waals surface area contributed by atoms with E-state index in [1.54, 1.807) is 43.2 Å². The Hall–Kier alpha value is -2.94. The number of hydrogen-bond acceptors (Lipinski definition) is 7. The van der Waals surface area contributed by atoms with Crippen molar-refractivity contribution in [2.45, 2.75) is 39.3 Å². The van der Waals surface area contributed by atoms with Crippen LogP contribution in [0.5, 0.6) is 0 Å². The van der Waals surface area contributed by atoms with Crippen LogP contribution < -0.4 is 0 Å². The predicted octanol–water partition coefficient (Wildman–Crippen LogP) is 5.33. The lowest BCUT2D eigenvalue weighted by Crippen LogP contribution is -2.21. The largest absolute Gasteiger partial charge is 0.495 e. The summed E-state index contributed by atoms with van der Waals surface area (Å²) in [5, 5.41) is 19.0. The van der Waals surface area contributed by atoms with Crippen molar-refractivity contribution >= 4 is 28.8 Å². The molecule has 174 valence electrons. The first-order valence-corrected chi connectivity index (χ1v) is 10.9. The lowest BCUT2D eigenvalue weighted by atomic mass is 10.0. The van der Waals surface area contributed by atoms with Crippen LogP contribution in [0.25, 0.3) is 28.3 Å². The highest BCUT2D eigenvalue weighted by Gasteiger charge is 2.27. The van der Waals surface area contributed by atoms with Gasteiger partial charge in [-0.2, -0.15) is 5.10 Å². The summed E-state index contributed by atoms with van der Waals surface area (Å²) in [6.45, 7) is 10.1. The maximum atomic E-state index is 10.1. The summed E-state index contributed by atoms with van der Waals surface area (Å²) >= 11 is 12.2. The Bertz CT molecular complexity index is 1190. The van der Waals surface area contributed by atoms with Gasteiger partial charge in [-0.25, -0.2) is 9.97 Å². The van der Waals surface area contributed by atoms with Crippen molar-refractivity contribution in [3.8, 4) is 22.7 Å². The highest BCUT2D eigenvalue weighted by molar-refractivity contribution is 6.37. The first-order valence-electron chi connectivity index (χ1n) is 10.1. The lowest BCUT2D eigenvalue weighted by molar-refractivity contribution is 0.0649. The van der Waals surface area contributed by atoms with Crippen LogP contribution in [0.15, 0.2) is 58.2 Å². The van der Waals surface area contributed by atoms with Gasteiger partial charge in [0.15, 0.2) is 11.6 Å². The van der Waals surface area contributed by atoms with Crippen LogP contribution in [0.1, 0.15) is 31.7 Å². The van der Waals surface area contributed by atoms with Gasteiger partial charge in [-0.1, -0.05) is 34.9 Å². The van der Waals surface area contributed by atoms with E-state index in [0.29, 0.717) is 52.7 Å². The molecule has 0 fully saturated rings. The zero-order chi connectivity index (χ0) is 24.2. The van der Waals surface area contributed by atoms with Gasteiger partial charge in [0.2, 0.25) is 0 Å². The molecular weight excluding hydrogens is 465 g/mol. The van der Waals surface area contributed by atoms with Gasteiger partial charge in [-0.3, -0.25) is 4.68 Å². The molecule has 0 unspecified atom stereocenters. The molecule has 3 aromatic heterocycles. The number of nitrogens with zero attached hydrogens (tertiary/aromatic N) is 5. The fourth-order valence-electron chi connectivity index (χ4n) is 3.13. The Balaban J connectivity index is 2.13. The zero-order valence-electron chi connectivity index (χ0n) is 18.8. The molecule has 0 aliphatic rings. The Morgan fingerprint density at radius 1 is 1.33 bits per heavy atom. The van der Waals surface area contributed by atoms with Crippen LogP contribution in [0, 0.1) is 6.92 Å². The molecule has 0 atom stereocenters. The molecule has 3 aromatic rings. The molecule has 0 radical (unpaired) electrons. The van der Waals surface area contributed by atoms with Crippen LogP contribution in [0.2, 0.25) is 0 Å². The first-order chi connectivity index (χ1) is 15.7. The molecule has 0 aliphatic carbocycles. The number of ether oxygens (including phenoxy) is 1. The third kappa shape index (κ3) is 5.52. The van der Waals surface area contributed by atoms with Crippen LogP contribution in [0.4, 0.5) is 0 Å². The molecule has 0 aromatic carbocycles. The molecule has 33 heavy (non-hydrogen) atoms. The third-order valence-electron chi connectivity index (χ3n) is 4.97. The number of halogens is 2. The topological polar surface area (TPSA) is 99.1 Å². The SMILES string of the molecule is C=C(/C(Cl)=C(\C=C/Cl)OC)c1noc(-c2cnn(CCC(C)(C)O)c2C)c1-c1ncccn1. The summed E-state index contributed by atoms with van der Waals surface area (Å²) in [5.74, 6) is 1.14. The Kier molecular flexibility index (Phi) is 7.73. The van der Waals surface area contributed by atoms with E-state index in [9.17, 15) is 5.11 Å². The predicted molar refractivity (Wildman–Crippen MR) is 128 cm³/mol. The molecule has 10 heteroatoms. The van der Waals surface area contributed by atoms with E-state index in [4.69, 9.17) is 32.5 Å². The number of aliphatic hydroxyl groups is 1. The zero-order valence-corrected chi connectivity index (χ0v) is 20.4. The summed E-state index contributed by atoms with van der Waals surface area (Å²) in [4.78, 5) is 8.76. The number of aromatic nitrogens is 5. The second kappa shape index (κ2) is 10.3. The van der Waals surface area contributed by atoms with Crippen molar-refractivity contribution in [1.82, 2.24) is 24.9 Å². The van der Waals surface area contributed by atoms with Crippen molar-refractivity contribution in [3.63, 3.8) is 0 Å². The fraction of sp³-hybridized carbons (Fsp3) is 0.304. The van der Waals surface area contributed by atoms with Crippen LogP contribution in [0.3, 0.4) is 0 Å². The van der Waals surface area contributed by atoms with E-state index in [0.717, 1.165) is 5.69 Å². The van der Waals surface area contributed by atoms with Crippen molar-refractivity contribution < 1.29 is 14.4 Å². The van der Waals surface area contributed by atoms with E-state index in [1.165, 1.54) is 18.7 Å². The maximum absolute atomic E-state index is 10.1. The summed E-state index contributed by atoms with van der Waals surface area (Å²) in [6.07, 6.45) is 6.98. The van der Waals surface area contributed by atoms with Gasteiger partial charge in [0, 0.05) is 35.7 Å². The Morgan fingerprint density at radius 3 is 2.64 bits per heavy atom.